The van der Waals surface area contributed by atoms with E-state index in [9.17, 15) is 13.3 Å². The van der Waals surface area contributed by atoms with Crippen LogP contribution in [-0.2, 0) is 6.05 Å². The quantitative estimate of drug-likeness (QED) is 0.566. The van der Waals surface area contributed by atoms with Crippen molar-refractivity contribution >= 4 is 0 Å². The Morgan fingerprint density at radius 1 is 1.00 bits per heavy atom. The molecule has 94 valence electrons. The van der Waals surface area contributed by atoms with E-state index >= 15 is 0 Å². The van der Waals surface area contributed by atoms with E-state index in [1.165, 1.54) is 24.3 Å². The van der Waals surface area contributed by atoms with E-state index in [2.05, 4.69) is 0 Å². The monoisotopic (exact) mass is 243 g/mol. The van der Waals surface area contributed by atoms with Crippen molar-refractivity contribution in [2.24, 2.45) is 0 Å². The Bertz CT molecular complexity index is 347. The SMILES string of the molecule is FN(C1CCCCC1)C(F)(F)c1ccccc1. The average molecular weight is 243 g/mol. The summed E-state index contributed by atoms with van der Waals surface area (Å²) >= 11 is 0. The van der Waals surface area contributed by atoms with E-state index in [0.29, 0.717) is 12.8 Å². The molecule has 0 N–H and O–H groups in total. The number of hydrogen-bond acceptors (Lipinski definition) is 1. The fraction of sp³-hybridized carbons (Fsp3) is 0.538. The summed E-state index contributed by atoms with van der Waals surface area (Å²) in [5.74, 6) is 0. The number of halogens is 3. The zero-order valence-corrected chi connectivity index (χ0v) is 9.58. The van der Waals surface area contributed by atoms with Crippen LogP contribution in [-0.4, -0.2) is 11.2 Å². The van der Waals surface area contributed by atoms with E-state index in [-0.39, 0.29) is 10.7 Å². The van der Waals surface area contributed by atoms with Crippen molar-refractivity contribution in [3.05, 3.63) is 35.9 Å². The normalized spacial score (nSPS) is 18.6. The minimum atomic E-state index is -3.52. The molecule has 4 heteroatoms. The fourth-order valence-corrected chi connectivity index (χ4v) is 2.30. The average Bonchev–Trinajstić information content (AvgIpc) is 2.40. The summed E-state index contributed by atoms with van der Waals surface area (Å²) in [4.78, 5) is 0. The Morgan fingerprint density at radius 3 is 2.18 bits per heavy atom. The molecule has 0 aliphatic heterocycles. The zero-order valence-electron chi connectivity index (χ0n) is 9.58. The zero-order chi connectivity index (χ0) is 12.3. The van der Waals surface area contributed by atoms with Crippen LogP contribution >= 0.6 is 0 Å². The molecule has 17 heavy (non-hydrogen) atoms. The highest BCUT2D eigenvalue weighted by atomic mass is 19.3. The third-order valence-corrected chi connectivity index (χ3v) is 3.28. The molecular formula is C13H16F3N. The Hall–Kier alpha value is -1.03. The van der Waals surface area contributed by atoms with Crippen molar-refractivity contribution in [2.75, 3.05) is 0 Å². The summed E-state index contributed by atoms with van der Waals surface area (Å²) in [7, 11) is 0. The van der Waals surface area contributed by atoms with Crippen molar-refractivity contribution in [3.8, 4) is 0 Å². The summed E-state index contributed by atoms with van der Waals surface area (Å²) in [6, 6.07) is 2.98. The van der Waals surface area contributed by atoms with Crippen LogP contribution in [0.15, 0.2) is 30.3 Å². The molecule has 1 aliphatic rings. The Kier molecular flexibility index (Phi) is 3.72. The highest BCUT2D eigenvalue weighted by molar-refractivity contribution is 5.19. The molecular weight excluding hydrogens is 227 g/mol. The molecule has 1 aliphatic carbocycles. The van der Waals surface area contributed by atoms with Gasteiger partial charge >= 0.3 is 6.05 Å². The molecule has 0 bridgehead atoms. The van der Waals surface area contributed by atoms with Crippen molar-refractivity contribution in [2.45, 2.75) is 44.2 Å². The van der Waals surface area contributed by atoms with Crippen LogP contribution < -0.4 is 0 Å². The van der Waals surface area contributed by atoms with Crippen molar-refractivity contribution in [1.29, 1.82) is 0 Å². The minimum Gasteiger partial charge on any atom is -0.181 e. The standard InChI is InChI=1S/C13H16F3N/c14-13(15,11-7-3-1-4-8-11)17(16)12-9-5-2-6-10-12/h1,3-4,7-8,12H,2,5-6,9-10H2. The molecule has 1 saturated carbocycles. The van der Waals surface area contributed by atoms with Crippen molar-refractivity contribution in [3.63, 3.8) is 0 Å². The summed E-state index contributed by atoms with van der Waals surface area (Å²) in [5.41, 5.74) is -0.284. The molecule has 0 unspecified atom stereocenters. The molecule has 1 fully saturated rings. The summed E-state index contributed by atoms with van der Waals surface area (Å²) in [6.07, 6.45) is 3.70. The summed E-state index contributed by atoms with van der Waals surface area (Å²) in [5, 5.41) is -0.249. The lowest BCUT2D eigenvalue weighted by Gasteiger charge is -2.32. The summed E-state index contributed by atoms with van der Waals surface area (Å²) < 4.78 is 41.6. The van der Waals surface area contributed by atoms with Crippen LogP contribution in [0.25, 0.3) is 0 Å². The van der Waals surface area contributed by atoms with Gasteiger partial charge in [-0.1, -0.05) is 54.7 Å². The highest BCUT2D eigenvalue weighted by Gasteiger charge is 2.44. The lowest BCUT2D eigenvalue weighted by atomic mass is 9.95. The Morgan fingerprint density at radius 2 is 1.59 bits per heavy atom. The Labute approximate surface area is 99.2 Å². The molecule has 0 amide bonds. The van der Waals surface area contributed by atoms with Crippen LogP contribution in [0.5, 0.6) is 0 Å². The minimum absolute atomic E-state index is 0.249. The second kappa shape index (κ2) is 5.08. The smallest absolute Gasteiger partial charge is 0.181 e. The molecule has 0 spiro atoms. The van der Waals surface area contributed by atoms with Gasteiger partial charge in [0.15, 0.2) is 0 Å². The van der Waals surface area contributed by atoms with E-state index in [4.69, 9.17) is 0 Å². The van der Waals surface area contributed by atoms with Crippen LogP contribution in [0.3, 0.4) is 0 Å². The predicted molar refractivity (Wildman–Crippen MR) is 60.2 cm³/mol. The molecule has 0 saturated heterocycles. The largest absolute Gasteiger partial charge is 0.356 e. The van der Waals surface area contributed by atoms with Gasteiger partial charge in [-0.3, -0.25) is 0 Å². The molecule has 1 nitrogen and oxygen atoms in total. The summed E-state index contributed by atoms with van der Waals surface area (Å²) in [6.45, 7) is 0. The molecule has 0 aromatic heterocycles. The molecule has 1 aromatic rings. The maximum atomic E-state index is 13.9. The fourth-order valence-electron chi connectivity index (χ4n) is 2.30. The van der Waals surface area contributed by atoms with Gasteiger partial charge in [-0.05, 0) is 12.8 Å². The van der Waals surface area contributed by atoms with E-state index in [1.54, 1.807) is 6.07 Å². The maximum Gasteiger partial charge on any atom is 0.356 e. The first-order valence-corrected chi connectivity index (χ1v) is 6.01. The van der Waals surface area contributed by atoms with Crippen LogP contribution in [0, 0.1) is 0 Å². The van der Waals surface area contributed by atoms with Crippen molar-refractivity contribution in [1.82, 2.24) is 5.12 Å². The second-order valence-corrected chi connectivity index (χ2v) is 4.51. The van der Waals surface area contributed by atoms with Crippen LogP contribution in [0.1, 0.15) is 37.7 Å². The van der Waals surface area contributed by atoms with Gasteiger partial charge in [0.25, 0.3) is 0 Å². The molecule has 0 radical (unpaired) electrons. The first kappa shape index (κ1) is 12.4. The number of benzene rings is 1. The highest BCUT2D eigenvalue weighted by Crippen LogP contribution is 2.37. The maximum absolute atomic E-state index is 13.9. The van der Waals surface area contributed by atoms with Gasteiger partial charge in [-0.2, -0.15) is 8.78 Å². The van der Waals surface area contributed by atoms with E-state index < -0.39 is 12.1 Å². The lowest BCUT2D eigenvalue weighted by Crippen LogP contribution is -2.41. The van der Waals surface area contributed by atoms with Gasteiger partial charge in [0.2, 0.25) is 0 Å². The molecule has 0 heterocycles. The van der Waals surface area contributed by atoms with Gasteiger partial charge in [0.05, 0.1) is 0 Å². The number of rotatable bonds is 3. The number of alkyl halides is 2. The third kappa shape index (κ3) is 2.63. The third-order valence-electron chi connectivity index (χ3n) is 3.28. The van der Waals surface area contributed by atoms with Gasteiger partial charge in [0, 0.05) is 11.6 Å². The predicted octanol–water partition coefficient (Wildman–Crippen LogP) is 4.26. The number of nitrogens with zero attached hydrogens (tertiary/aromatic N) is 1. The van der Waals surface area contributed by atoms with E-state index in [1.807, 2.05) is 0 Å². The van der Waals surface area contributed by atoms with Crippen LogP contribution in [0.4, 0.5) is 13.3 Å². The lowest BCUT2D eigenvalue weighted by molar-refractivity contribution is -0.268. The molecule has 1 aromatic carbocycles. The first-order valence-electron chi connectivity index (χ1n) is 6.01. The van der Waals surface area contributed by atoms with E-state index in [0.717, 1.165) is 19.3 Å². The Balaban J connectivity index is 2.14. The van der Waals surface area contributed by atoms with Gasteiger partial charge in [0.1, 0.15) is 0 Å². The van der Waals surface area contributed by atoms with Crippen molar-refractivity contribution < 1.29 is 13.3 Å². The van der Waals surface area contributed by atoms with Gasteiger partial charge < -0.3 is 0 Å². The van der Waals surface area contributed by atoms with Gasteiger partial charge in [-0.15, -0.1) is 4.48 Å². The first-order chi connectivity index (χ1) is 8.12. The topological polar surface area (TPSA) is 3.24 Å². The second-order valence-electron chi connectivity index (χ2n) is 4.51. The van der Waals surface area contributed by atoms with Gasteiger partial charge in [-0.25, -0.2) is 0 Å². The van der Waals surface area contributed by atoms with Crippen LogP contribution in [0.2, 0.25) is 0 Å². The molecule has 2 rings (SSSR count). The molecule has 0 atom stereocenters. The number of hydrogen-bond donors (Lipinski definition) is 0.